The van der Waals surface area contributed by atoms with Crippen molar-refractivity contribution < 1.29 is 144 Å². The van der Waals surface area contributed by atoms with Crippen LogP contribution in [0.5, 0.6) is 0 Å². The number of amides is 2. The van der Waals surface area contributed by atoms with Crippen molar-refractivity contribution in [2.75, 3.05) is 90.3 Å². The molecule has 35 nitrogen and oxygen atoms in total. The minimum absolute atomic E-state index is 0.0144. The number of Topliss-reactive ketones (excluding diaryl/α,β-unsaturated/α-hetero) is 1. The maximum atomic E-state index is 13.4. The Labute approximate surface area is 597 Å². The summed E-state index contributed by atoms with van der Waals surface area (Å²) in [6.45, 7) is 5.11. The van der Waals surface area contributed by atoms with E-state index in [0.717, 1.165) is 12.5 Å². The quantitative estimate of drug-likeness (QED) is 0.00293. The molecule has 1 saturated heterocycles. The van der Waals surface area contributed by atoms with Gasteiger partial charge in [-0.15, -0.1) is 0 Å². The molecule has 4 unspecified atom stereocenters. The lowest BCUT2D eigenvalue weighted by Crippen LogP contribution is -2.72. The highest BCUT2D eigenvalue weighted by atomic mass is 32.8. The van der Waals surface area contributed by atoms with E-state index in [-0.39, 0.29) is 139 Å². The lowest BCUT2D eigenvalue weighted by atomic mass is 9.88. The Kier molecular flexibility index (Phi) is 33.3. The van der Waals surface area contributed by atoms with E-state index in [2.05, 4.69) is 61.3 Å². The van der Waals surface area contributed by atoms with Crippen LogP contribution in [0.2, 0.25) is 0 Å². The van der Waals surface area contributed by atoms with E-state index < -0.39 is 141 Å². The Hall–Kier alpha value is -5.45. The van der Waals surface area contributed by atoms with Crippen molar-refractivity contribution >= 4 is 142 Å². The third-order valence-corrected chi connectivity index (χ3v) is 20.8. The van der Waals surface area contributed by atoms with Crippen LogP contribution in [0.3, 0.4) is 0 Å². The number of phosphoric ester groups is 1. The molecule has 1 aliphatic carbocycles. The number of amidine groups is 1. The molecule has 2 aromatic rings. The number of hydrogen-bond donors (Lipinski definition) is 14. The van der Waals surface area contributed by atoms with Crippen LogP contribution < -0.4 is 26.7 Å². The zero-order valence-electron chi connectivity index (χ0n) is 54.3. The summed E-state index contributed by atoms with van der Waals surface area (Å²) in [6, 6.07) is 8.79. The lowest BCUT2D eigenvalue weighted by molar-refractivity contribution is -0.467. The molecule has 13 N–H and O–H groups in total. The zero-order chi connectivity index (χ0) is 75.3. The number of benzene rings is 3. The molecule has 101 heavy (non-hydrogen) atoms. The van der Waals surface area contributed by atoms with Crippen molar-refractivity contribution in [3.8, 4) is 34.3 Å². The first-order chi connectivity index (χ1) is 47.2. The van der Waals surface area contributed by atoms with Gasteiger partial charge in [0.1, 0.15) is 19.0 Å². The van der Waals surface area contributed by atoms with E-state index in [1.54, 1.807) is 6.26 Å². The predicted molar refractivity (Wildman–Crippen MR) is 369 cm³/mol. The fourth-order valence-corrected chi connectivity index (χ4v) is 14.8. The topological polar surface area (TPSA) is 540 Å². The number of rotatable bonds is 37. The molecule has 2 amide bonds. The number of aromatic carboxylic acids is 1. The number of nitrogens with two attached hydrogens (primary N) is 1. The first-order valence-electron chi connectivity index (χ1n) is 29.9. The van der Waals surface area contributed by atoms with Gasteiger partial charge in [0.2, 0.25) is 16.2 Å². The molecule has 0 bridgehead atoms. The fraction of sp³-hybridized carbons (Fsp3) is 0.491. The number of ether oxygens (including phenoxy) is 7. The molecule has 2 aromatic carbocycles. The molecule has 44 heteroatoms. The number of thiol groups is 2. The summed E-state index contributed by atoms with van der Waals surface area (Å²) in [5.41, 5.74) is 4.36. The van der Waals surface area contributed by atoms with Crippen molar-refractivity contribution in [1.82, 2.24) is 10.6 Å². The van der Waals surface area contributed by atoms with Crippen LogP contribution in [-0.2, 0) is 110 Å². The number of carbonyl (C=O) groups is 5. The number of nitrogens with one attached hydrogen (secondary N) is 4. The second-order valence-corrected chi connectivity index (χ2v) is 34.0. The van der Waals surface area contributed by atoms with Gasteiger partial charge in [0.25, 0.3) is 10.1 Å². The summed E-state index contributed by atoms with van der Waals surface area (Å²) in [5.74, 6) is 1.16. The van der Waals surface area contributed by atoms with Crippen molar-refractivity contribution in [2.45, 2.75) is 98.1 Å². The van der Waals surface area contributed by atoms with Crippen molar-refractivity contribution in [3.05, 3.63) is 70.6 Å². The number of alkyl carbamates (subject to hydrolysis) is 1. The molecule has 7 atom stereocenters. The van der Waals surface area contributed by atoms with Crippen LogP contribution in [0.4, 0.5) is 10.5 Å². The van der Waals surface area contributed by atoms with Gasteiger partial charge in [-0.25, -0.2) is 28.3 Å². The van der Waals surface area contributed by atoms with Crippen LogP contribution in [-0.4, -0.2) is 194 Å². The first kappa shape index (κ1) is 86.2. The second kappa shape index (κ2) is 39.1. The Morgan fingerprint density at radius 3 is 2.19 bits per heavy atom. The van der Waals surface area contributed by atoms with E-state index >= 15 is 0 Å². The van der Waals surface area contributed by atoms with Crippen molar-refractivity contribution in [1.29, 1.82) is 5.41 Å². The molecule has 0 aromatic heterocycles. The summed E-state index contributed by atoms with van der Waals surface area (Å²) >= 11 is 13.4. The van der Waals surface area contributed by atoms with Crippen LogP contribution in [0.1, 0.15) is 85.9 Å². The third-order valence-electron chi connectivity index (χ3n) is 13.9. The van der Waals surface area contributed by atoms with Gasteiger partial charge in [0, 0.05) is 71.9 Å². The number of unbranched alkanes of at least 4 members (excludes halogenated alkanes) is 1. The molecule has 0 radical (unpaired) electrons. The van der Waals surface area contributed by atoms with Crippen molar-refractivity contribution in [3.63, 3.8) is 0 Å². The summed E-state index contributed by atoms with van der Waals surface area (Å²) in [6.07, 6.45) is 2.05. The Morgan fingerprint density at radius 2 is 1.55 bits per heavy atom. The summed E-state index contributed by atoms with van der Waals surface area (Å²) in [7, 11) is -26.2. The van der Waals surface area contributed by atoms with Crippen LogP contribution in [0, 0.1) is 23.2 Å². The number of nitrogen functional groups attached to an aromatic ring is 1. The average molecular weight is 1600 g/mol. The Morgan fingerprint density at radius 1 is 0.881 bits per heavy atom. The minimum Gasteiger partial charge on any atom is -0.478 e. The Bertz CT molecular complexity index is 4230. The number of phosphoric acid groups is 3. The highest BCUT2D eigenvalue weighted by molar-refractivity contribution is 8.28. The first-order valence-corrected chi connectivity index (χ1v) is 41.1. The molecule has 1 fully saturated rings. The SMILES string of the molecule is CS(=S)CO[C@H]1C[C@H](C2C=C(C#CCCC(=O)OCCCCOCS)C(=N)NC2=O)O[C@@H]1COP(=O)(O)OP(=O)(O)OP(=O)(O)O.C[NH+]=c1ccc2c(-c3cc(C(=O)CCCOCCOCCNC(=O)OCCC(C)(C)S)ccc3C(=O)O)c3ccc(N)c(S(=O)(=O)O)c3oc-2c1S(=O)(=O)O. The second-order valence-electron chi connectivity index (χ2n) is 22.3. The van der Waals surface area contributed by atoms with E-state index in [4.69, 9.17) is 74.2 Å². The smallest absolute Gasteiger partial charge is 0.478 e. The number of esters is 1. The number of hydrogen-bond acceptors (Lipinski definition) is 28. The highest BCUT2D eigenvalue weighted by Crippen LogP contribution is 2.66. The van der Waals surface area contributed by atoms with Gasteiger partial charge in [-0.3, -0.25) is 33.4 Å². The van der Waals surface area contributed by atoms with Gasteiger partial charge in [-0.2, -0.15) is 50.7 Å². The van der Waals surface area contributed by atoms with Gasteiger partial charge in [-0.1, -0.05) is 47.3 Å². The van der Waals surface area contributed by atoms with Crippen molar-refractivity contribution in [2.24, 2.45) is 5.92 Å². The number of fused-ring (bicyclic) bond motifs is 2. The van der Waals surface area contributed by atoms with E-state index in [9.17, 15) is 78.5 Å². The molecule has 6 rings (SSSR count). The van der Waals surface area contributed by atoms with Gasteiger partial charge in [0.15, 0.2) is 22.0 Å². The van der Waals surface area contributed by atoms with Gasteiger partial charge >= 0.3 is 51.6 Å². The minimum atomic E-state index is -5.73. The van der Waals surface area contributed by atoms with Gasteiger partial charge < -0.3 is 78.6 Å². The molecule has 0 saturated carbocycles. The highest BCUT2D eigenvalue weighted by Gasteiger charge is 2.46. The number of anilines is 1. The molecule has 560 valence electrons. The summed E-state index contributed by atoms with van der Waals surface area (Å²) in [5, 5.41) is 23.0. The molecular formula is C57H77N5O30P3S6+. The summed E-state index contributed by atoms with van der Waals surface area (Å²) < 4.78 is 161. The molecule has 4 aliphatic rings. The number of carboxylic acids is 1. The largest absolute Gasteiger partial charge is 0.490 e. The van der Waals surface area contributed by atoms with Crippen LogP contribution in [0.15, 0.2) is 68.3 Å². The average Bonchev–Trinajstić information content (AvgIpc) is 1.11. The van der Waals surface area contributed by atoms with E-state index in [0.29, 0.717) is 25.4 Å². The van der Waals surface area contributed by atoms with Crippen LogP contribution in [0.25, 0.3) is 33.4 Å². The lowest BCUT2D eigenvalue weighted by Gasteiger charge is -2.25. The van der Waals surface area contributed by atoms with E-state index in [1.807, 2.05) is 13.8 Å². The van der Waals surface area contributed by atoms with E-state index in [1.165, 1.54) is 49.5 Å². The summed E-state index contributed by atoms with van der Waals surface area (Å²) in [4.78, 5) is 99.7. The number of carbonyl (C=O) groups excluding carboxylic acids is 4. The Balaban J connectivity index is 0.000000370. The third kappa shape index (κ3) is 28.2. The molecule has 3 aliphatic heterocycles. The maximum absolute atomic E-state index is 13.4. The monoisotopic (exact) mass is 1600 g/mol. The number of carboxylic acid groups (broad SMARTS) is 1. The fourth-order valence-electron chi connectivity index (χ4n) is 9.48. The number of ketones is 1. The zero-order valence-corrected chi connectivity index (χ0v) is 62.1. The standard InChI is InChI=1S/C35H41N3O14S3.C22H35N2O16P3S3/c1-35(2,53)12-15-51-34(42)38-13-16-50-18-17-49-14-4-5-27(39)20-6-7-21(33(40)41)24(19-20)28-22-8-10-25(36)31(54(43,44)45)29(22)52-30-23(28)9-11-26(37-3)32(30)55(46,47)48;1-46(45)14-36-18-11-17(38-19(18)12-37-42(30,31)40-43(32,33)39-41(27,28)29)16-10-15(21(23)24-22(16)26)6-2-3-7-20(25)35-9-5-4-8-34-13-44/h6-11,19,53H,4-5,12-18,36H2,1-3H3,(H,38,42)(H,40,41)(H,43,44,45)(H,46,47,48);10,16-19,44H,3-5,7-9,11-14H2,1H3,(H,30,31)(H,32,33)(H2,23,24,26)(H2,27,28,29)/p+1/t;16?,17-,18+,19-,46?/m.1/s1. The molecule has 3 heterocycles. The van der Waals surface area contributed by atoms with Gasteiger partial charge in [0.05, 0.1) is 92.9 Å². The normalized spacial score (nSPS) is 18.3. The maximum Gasteiger partial charge on any atom is 0.490 e. The van der Waals surface area contributed by atoms with Gasteiger partial charge in [-0.05, 0) is 79.0 Å². The van der Waals surface area contributed by atoms with Crippen LogP contribution >= 0.6 is 48.7 Å². The predicted octanol–water partition coefficient (Wildman–Crippen LogP) is 3.61. The molecule has 0 spiro atoms. The molecular weight excluding hydrogens is 1520 g/mol.